The molecule has 0 fully saturated rings. The van der Waals surface area contributed by atoms with Crippen LogP contribution in [0.4, 0.5) is 0 Å². The predicted molar refractivity (Wildman–Crippen MR) is 39.8 cm³/mol. The van der Waals surface area contributed by atoms with Gasteiger partial charge in [0, 0.05) is 0 Å². The van der Waals surface area contributed by atoms with Gasteiger partial charge in [0.2, 0.25) is 5.91 Å². The highest BCUT2D eigenvalue weighted by atomic mass is 16.1. The van der Waals surface area contributed by atoms with Crippen molar-refractivity contribution in [1.82, 2.24) is 0 Å². The zero-order valence-electron chi connectivity index (χ0n) is 5.34. The van der Waals surface area contributed by atoms with Gasteiger partial charge in [-0.1, -0.05) is 31.9 Å². The Kier molecular flexibility index (Phi) is 11.6. The van der Waals surface area contributed by atoms with Crippen LogP contribution in [0.5, 0.6) is 0 Å². The predicted octanol–water partition coefficient (Wildman–Crippen LogP) is 1.02. The molecule has 0 aromatic carbocycles. The molecule has 9 heavy (non-hydrogen) atoms. The Morgan fingerprint density at radius 1 is 1.22 bits per heavy atom. The van der Waals surface area contributed by atoms with E-state index in [9.17, 15) is 4.79 Å². The van der Waals surface area contributed by atoms with Crippen molar-refractivity contribution in [2.24, 2.45) is 5.73 Å². The number of amides is 1. The number of nitrogens with two attached hydrogens (primary N) is 1. The highest BCUT2D eigenvalue weighted by molar-refractivity contribution is 5.84. The molecule has 50 valence electrons. The van der Waals surface area contributed by atoms with E-state index in [4.69, 9.17) is 0 Å². The van der Waals surface area contributed by atoms with Crippen molar-refractivity contribution in [1.29, 1.82) is 0 Å². The summed E-state index contributed by atoms with van der Waals surface area (Å²) in [5.41, 5.74) is 4.53. The summed E-state index contributed by atoms with van der Waals surface area (Å²) in [5, 5.41) is 0. The summed E-state index contributed by atoms with van der Waals surface area (Å²) in [5.74, 6) is -0.481. The van der Waals surface area contributed by atoms with Gasteiger partial charge < -0.3 is 5.73 Å². The van der Waals surface area contributed by atoms with E-state index in [-0.39, 0.29) is 0 Å². The van der Waals surface area contributed by atoms with E-state index >= 15 is 0 Å². The molecule has 0 unspecified atom stereocenters. The SMILES string of the molecule is C=CC(N)=O.C=CC=C. The van der Waals surface area contributed by atoms with E-state index in [1.54, 1.807) is 12.2 Å². The van der Waals surface area contributed by atoms with Crippen molar-refractivity contribution in [3.63, 3.8) is 0 Å². The number of rotatable bonds is 2. The molecule has 2 N–H and O–H groups in total. The Balaban J connectivity index is 0. The monoisotopic (exact) mass is 125 g/mol. The maximum Gasteiger partial charge on any atom is 0.240 e. The van der Waals surface area contributed by atoms with Crippen molar-refractivity contribution in [3.05, 3.63) is 38.0 Å². The Morgan fingerprint density at radius 2 is 1.44 bits per heavy atom. The van der Waals surface area contributed by atoms with Crippen molar-refractivity contribution in [2.45, 2.75) is 0 Å². The maximum absolute atomic E-state index is 9.47. The highest BCUT2D eigenvalue weighted by Crippen LogP contribution is 1.52. The average molecular weight is 125 g/mol. The quantitative estimate of drug-likeness (QED) is 0.434. The maximum atomic E-state index is 9.47. The Bertz CT molecular complexity index is 110. The summed E-state index contributed by atoms with van der Waals surface area (Å²) in [6.45, 7) is 9.81. The third-order valence-electron chi connectivity index (χ3n) is 0.368. The van der Waals surface area contributed by atoms with Crippen molar-refractivity contribution in [3.8, 4) is 0 Å². The van der Waals surface area contributed by atoms with E-state index in [0.29, 0.717) is 0 Å². The third kappa shape index (κ3) is 51.5. The largest absolute Gasteiger partial charge is 0.366 e. The molecule has 0 rings (SSSR count). The van der Waals surface area contributed by atoms with Gasteiger partial charge in [-0.2, -0.15) is 0 Å². The van der Waals surface area contributed by atoms with Crippen LogP contribution in [-0.2, 0) is 4.79 Å². The summed E-state index contributed by atoms with van der Waals surface area (Å²) < 4.78 is 0. The molecule has 0 aromatic heterocycles. The van der Waals surface area contributed by atoms with Crippen LogP contribution in [0.15, 0.2) is 38.0 Å². The zero-order chi connectivity index (χ0) is 7.70. The molecule has 2 nitrogen and oxygen atoms in total. The molecule has 1 amide bonds. The number of hydrogen-bond acceptors (Lipinski definition) is 1. The molecule has 0 aliphatic heterocycles. The van der Waals surface area contributed by atoms with Gasteiger partial charge in [0.25, 0.3) is 0 Å². The normalized spacial score (nSPS) is 5.78. The molecule has 0 atom stereocenters. The first-order valence-corrected chi connectivity index (χ1v) is 2.34. The molecular formula is C7H11NO. The van der Waals surface area contributed by atoms with Crippen LogP contribution in [0.1, 0.15) is 0 Å². The lowest BCUT2D eigenvalue weighted by Gasteiger charge is -1.65. The Hall–Kier alpha value is -1.31. The van der Waals surface area contributed by atoms with Gasteiger partial charge in [-0.3, -0.25) is 4.79 Å². The molecule has 0 saturated carbocycles. The first kappa shape index (κ1) is 10.6. The summed E-state index contributed by atoms with van der Waals surface area (Å²) in [6, 6.07) is 0. The minimum atomic E-state index is -0.481. The zero-order valence-corrected chi connectivity index (χ0v) is 5.34. The van der Waals surface area contributed by atoms with Crippen LogP contribution < -0.4 is 5.73 Å². The van der Waals surface area contributed by atoms with Gasteiger partial charge in [0.05, 0.1) is 0 Å². The van der Waals surface area contributed by atoms with Crippen molar-refractivity contribution in [2.75, 3.05) is 0 Å². The van der Waals surface area contributed by atoms with E-state index in [1.807, 2.05) is 0 Å². The lowest BCUT2D eigenvalue weighted by molar-refractivity contribution is -0.113. The molecule has 0 aliphatic carbocycles. The molecule has 0 aromatic rings. The standard InChI is InChI=1S/C4H6.C3H5NO/c1-3-4-2;1-2-3(4)5/h3-4H,1-2H2;2H,1H2,(H2,4,5). The summed E-state index contributed by atoms with van der Waals surface area (Å²) >= 11 is 0. The number of carbonyl (C=O) groups is 1. The van der Waals surface area contributed by atoms with E-state index in [0.717, 1.165) is 6.08 Å². The van der Waals surface area contributed by atoms with Gasteiger partial charge in [-0.05, 0) is 6.08 Å². The fourth-order valence-electron chi connectivity index (χ4n) is 0. The molecule has 0 heterocycles. The van der Waals surface area contributed by atoms with E-state index in [1.165, 1.54) is 0 Å². The fraction of sp³-hybridized carbons (Fsp3) is 0. The van der Waals surface area contributed by atoms with Crippen LogP contribution in [0.25, 0.3) is 0 Å². The van der Waals surface area contributed by atoms with Crippen LogP contribution in [0.3, 0.4) is 0 Å². The molecule has 0 bridgehead atoms. The highest BCUT2D eigenvalue weighted by Gasteiger charge is 1.69. The van der Waals surface area contributed by atoms with Gasteiger partial charge in [0.1, 0.15) is 0 Å². The van der Waals surface area contributed by atoms with E-state index < -0.39 is 5.91 Å². The Labute approximate surface area is 55.4 Å². The van der Waals surface area contributed by atoms with Gasteiger partial charge in [-0.15, -0.1) is 0 Å². The average Bonchev–Trinajstić information content (AvgIpc) is 1.89. The van der Waals surface area contributed by atoms with Gasteiger partial charge >= 0.3 is 0 Å². The first-order chi connectivity index (χ1) is 4.18. The van der Waals surface area contributed by atoms with Gasteiger partial charge in [-0.25, -0.2) is 0 Å². The molecule has 0 spiro atoms. The second kappa shape index (κ2) is 9.85. The minimum absolute atomic E-state index is 0.481. The summed E-state index contributed by atoms with van der Waals surface area (Å²) in [6.07, 6.45) is 4.33. The second-order valence-corrected chi connectivity index (χ2v) is 1.08. The minimum Gasteiger partial charge on any atom is -0.366 e. The third-order valence-corrected chi connectivity index (χ3v) is 0.368. The Morgan fingerprint density at radius 3 is 1.44 bits per heavy atom. The molecule has 0 saturated heterocycles. The lowest BCUT2D eigenvalue weighted by Crippen LogP contribution is -2.04. The smallest absolute Gasteiger partial charge is 0.240 e. The number of hydrogen-bond donors (Lipinski definition) is 1. The van der Waals surface area contributed by atoms with E-state index in [2.05, 4.69) is 25.5 Å². The summed E-state index contributed by atoms with van der Waals surface area (Å²) in [7, 11) is 0. The number of primary amides is 1. The number of carbonyl (C=O) groups excluding carboxylic acids is 1. The summed E-state index contributed by atoms with van der Waals surface area (Å²) in [4.78, 5) is 9.47. The van der Waals surface area contributed by atoms with Gasteiger partial charge in [0.15, 0.2) is 0 Å². The number of allylic oxidation sites excluding steroid dienone is 2. The first-order valence-electron chi connectivity index (χ1n) is 2.34. The fourth-order valence-corrected chi connectivity index (χ4v) is 0. The van der Waals surface area contributed by atoms with Crippen LogP contribution in [0, 0.1) is 0 Å². The molecule has 2 heteroatoms. The molecular weight excluding hydrogens is 114 g/mol. The van der Waals surface area contributed by atoms with Crippen molar-refractivity contribution >= 4 is 5.91 Å². The van der Waals surface area contributed by atoms with Crippen LogP contribution in [0.2, 0.25) is 0 Å². The van der Waals surface area contributed by atoms with Crippen LogP contribution >= 0.6 is 0 Å². The lowest BCUT2D eigenvalue weighted by atomic mass is 10.6. The van der Waals surface area contributed by atoms with Crippen molar-refractivity contribution < 1.29 is 4.79 Å². The molecule has 0 radical (unpaired) electrons. The topological polar surface area (TPSA) is 43.1 Å². The second-order valence-electron chi connectivity index (χ2n) is 1.08. The molecule has 0 aliphatic rings. The van der Waals surface area contributed by atoms with Crippen LogP contribution in [-0.4, -0.2) is 5.91 Å².